The minimum atomic E-state index is -4.55. The topological polar surface area (TPSA) is 39.6 Å². The summed E-state index contributed by atoms with van der Waals surface area (Å²) in [4.78, 5) is 2.55. The number of aromatic amines is 1. The Morgan fingerprint density at radius 3 is 2.40 bits per heavy atom. The average molecular weight is 298 g/mol. The highest BCUT2D eigenvalue weighted by molar-refractivity contribution is 7.71. The second-order valence-electron chi connectivity index (χ2n) is 3.99. The van der Waals surface area contributed by atoms with E-state index >= 15 is 0 Å². The van der Waals surface area contributed by atoms with Crippen LogP contribution in [0.25, 0.3) is 11.3 Å². The number of rotatable bonds is 1. The van der Waals surface area contributed by atoms with Crippen molar-refractivity contribution in [3.05, 3.63) is 51.9 Å². The number of pyridine rings is 1. The first-order chi connectivity index (χ1) is 9.29. The van der Waals surface area contributed by atoms with Crippen LogP contribution in [0.2, 0.25) is 0 Å². The van der Waals surface area contributed by atoms with Crippen molar-refractivity contribution < 1.29 is 17.6 Å². The maximum atomic E-state index is 13.3. The van der Waals surface area contributed by atoms with Crippen molar-refractivity contribution in [2.45, 2.75) is 6.18 Å². The minimum Gasteiger partial charge on any atom is -0.346 e. The van der Waals surface area contributed by atoms with Gasteiger partial charge in [-0.15, -0.1) is 0 Å². The molecule has 0 radical (unpaired) electrons. The van der Waals surface area contributed by atoms with Crippen molar-refractivity contribution in [2.75, 3.05) is 0 Å². The molecule has 0 saturated carbocycles. The average Bonchev–Trinajstić information content (AvgIpc) is 2.36. The first-order valence-corrected chi connectivity index (χ1v) is 5.73. The van der Waals surface area contributed by atoms with Crippen LogP contribution in [0.5, 0.6) is 0 Å². The zero-order valence-corrected chi connectivity index (χ0v) is 10.6. The van der Waals surface area contributed by atoms with E-state index in [1.54, 1.807) is 6.07 Å². The number of benzene rings is 1. The molecule has 1 N–H and O–H groups in total. The summed E-state index contributed by atoms with van der Waals surface area (Å²) in [6.07, 6.45) is -4.55. The van der Waals surface area contributed by atoms with Crippen LogP contribution in [-0.4, -0.2) is 4.98 Å². The summed E-state index contributed by atoms with van der Waals surface area (Å²) >= 11 is 4.74. The van der Waals surface area contributed by atoms with Gasteiger partial charge in [0.25, 0.3) is 0 Å². The molecule has 0 unspecified atom stereocenters. The zero-order chi connectivity index (χ0) is 14.9. The van der Waals surface area contributed by atoms with E-state index in [2.05, 4.69) is 4.98 Å². The van der Waals surface area contributed by atoms with Crippen LogP contribution < -0.4 is 0 Å². The van der Waals surface area contributed by atoms with Crippen molar-refractivity contribution in [1.82, 2.24) is 4.98 Å². The summed E-state index contributed by atoms with van der Waals surface area (Å²) in [6, 6.07) is 6.64. The summed E-state index contributed by atoms with van der Waals surface area (Å²) in [5.41, 5.74) is -0.796. The van der Waals surface area contributed by atoms with Crippen LogP contribution in [0.1, 0.15) is 11.1 Å². The van der Waals surface area contributed by atoms with Crippen molar-refractivity contribution in [3.63, 3.8) is 0 Å². The summed E-state index contributed by atoms with van der Waals surface area (Å²) < 4.78 is 51.3. The van der Waals surface area contributed by atoms with E-state index in [9.17, 15) is 17.6 Å². The van der Waals surface area contributed by atoms with Crippen LogP contribution in [0.3, 0.4) is 0 Å². The molecule has 0 saturated heterocycles. The molecule has 0 atom stereocenters. The van der Waals surface area contributed by atoms with Gasteiger partial charge in [-0.25, -0.2) is 4.39 Å². The Kier molecular flexibility index (Phi) is 3.59. The molecule has 20 heavy (non-hydrogen) atoms. The maximum absolute atomic E-state index is 13.3. The third-order valence-electron chi connectivity index (χ3n) is 2.51. The Bertz CT molecular complexity index is 756. The first kappa shape index (κ1) is 14.2. The molecule has 0 aliphatic heterocycles. The lowest BCUT2D eigenvalue weighted by atomic mass is 10.1. The summed E-state index contributed by atoms with van der Waals surface area (Å²) in [5, 5.41) is 8.74. The lowest BCUT2D eigenvalue weighted by Crippen LogP contribution is -2.05. The van der Waals surface area contributed by atoms with E-state index in [0.717, 1.165) is 24.3 Å². The fraction of sp³-hybridized carbons (Fsp3) is 0.0769. The molecule has 2 aromatic rings. The number of hydrogen-bond acceptors (Lipinski definition) is 2. The molecule has 0 fully saturated rings. The Morgan fingerprint density at radius 1 is 1.10 bits per heavy atom. The molecule has 2 rings (SSSR count). The fourth-order valence-electron chi connectivity index (χ4n) is 1.67. The van der Waals surface area contributed by atoms with Gasteiger partial charge in [-0.05, 0) is 30.3 Å². The van der Waals surface area contributed by atoms with Gasteiger partial charge in [-0.1, -0.05) is 12.2 Å². The van der Waals surface area contributed by atoms with Crippen molar-refractivity contribution >= 4 is 12.2 Å². The summed E-state index contributed by atoms with van der Waals surface area (Å²) in [5.74, 6) is -0.712. The number of alkyl halides is 3. The lowest BCUT2D eigenvalue weighted by molar-refractivity contribution is -0.137. The van der Waals surface area contributed by atoms with E-state index in [-0.39, 0.29) is 21.5 Å². The number of halogens is 4. The first-order valence-electron chi connectivity index (χ1n) is 5.32. The molecule has 1 heterocycles. The standard InChI is InChI=1S/C13H6F4N2S/c14-10-2-7(6-18)1-8(3-10)11-4-9(13(15,16)17)5-12(20)19-11/h1-5H,(H,19,20). The van der Waals surface area contributed by atoms with Crippen molar-refractivity contribution in [2.24, 2.45) is 0 Å². The highest BCUT2D eigenvalue weighted by atomic mass is 32.1. The second-order valence-corrected chi connectivity index (χ2v) is 4.42. The molecule has 0 bridgehead atoms. The number of aromatic nitrogens is 1. The molecule has 7 heteroatoms. The molecule has 1 aromatic heterocycles. The van der Waals surface area contributed by atoms with Gasteiger partial charge in [0.15, 0.2) is 0 Å². The predicted molar refractivity (Wildman–Crippen MR) is 66.7 cm³/mol. The van der Waals surface area contributed by atoms with Crippen LogP contribution in [0.15, 0.2) is 30.3 Å². The SMILES string of the molecule is N#Cc1cc(F)cc(-c2cc(C(F)(F)F)cc(=S)[nH]2)c1. The van der Waals surface area contributed by atoms with Gasteiger partial charge in [0.2, 0.25) is 0 Å². The summed E-state index contributed by atoms with van der Waals surface area (Å²) in [6.45, 7) is 0. The Morgan fingerprint density at radius 2 is 1.80 bits per heavy atom. The smallest absolute Gasteiger partial charge is 0.346 e. The monoisotopic (exact) mass is 298 g/mol. The minimum absolute atomic E-state index is 0.000764. The highest BCUT2D eigenvalue weighted by Crippen LogP contribution is 2.31. The Balaban J connectivity index is 2.65. The molecule has 0 aliphatic rings. The van der Waals surface area contributed by atoms with Crippen LogP contribution in [-0.2, 0) is 6.18 Å². The number of nitrogens with one attached hydrogen (secondary N) is 1. The largest absolute Gasteiger partial charge is 0.416 e. The number of nitriles is 1. The van der Waals surface area contributed by atoms with Gasteiger partial charge in [0.05, 0.1) is 17.2 Å². The quantitative estimate of drug-likeness (QED) is 0.624. The highest BCUT2D eigenvalue weighted by Gasteiger charge is 2.31. The Hall–Kier alpha value is -2.20. The van der Waals surface area contributed by atoms with Crippen LogP contribution >= 0.6 is 12.2 Å². The fourth-order valence-corrected chi connectivity index (χ4v) is 1.91. The number of nitrogens with zero attached hydrogens (tertiary/aromatic N) is 1. The number of hydrogen-bond donors (Lipinski definition) is 1. The number of H-pyrrole nitrogens is 1. The van der Waals surface area contributed by atoms with Gasteiger partial charge >= 0.3 is 6.18 Å². The van der Waals surface area contributed by atoms with Crippen molar-refractivity contribution in [1.29, 1.82) is 5.26 Å². The van der Waals surface area contributed by atoms with Gasteiger partial charge in [0.1, 0.15) is 10.5 Å². The molecular weight excluding hydrogens is 292 g/mol. The van der Waals surface area contributed by atoms with Crippen LogP contribution in [0.4, 0.5) is 17.6 Å². The van der Waals surface area contributed by atoms with Gasteiger partial charge < -0.3 is 4.98 Å². The zero-order valence-electron chi connectivity index (χ0n) is 9.75. The second kappa shape index (κ2) is 5.06. The normalized spacial score (nSPS) is 11.2. The molecular formula is C13H6F4N2S. The molecule has 102 valence electrons. The molecule has 0 amide bonds. The Labute approximate surface area is 116 Å². The molecule has 0 spiro atoms. The van der Waals surface area contributed by atoms with Gasteiger partial charge in [-0.2, -0.15) is 18.4 Å². The maximum Gasteiger partial charge on any atom is 0.416 e. The van der Waals surface area contributed by atoms with Crippen molar-refractivity contribution in [3.8, 4) is 17.3 Å². The van der Waals surface area contributed by atoms with E-state index < -0.39 is 17.6 Å². The van der Waals surface area contributed by atoms with E-state index in [1.165, 1.54) is 6.07 Å². The predicted octanol–water partition coefficient (Wildman–Crippen LogP) is 4.44. The van der Waals surface area contributed by atoms with Gasteiger partial charge in [-0.3, -0.25) is 0 Å². The van der Waals surface area contributed by atoms with E-state index in [0.29, 0.717) is 0 Å². The van der Waals surface area contributed by atoms with E-state index in [4.69, 9.17) is 17.5 Å². The molecule has 2 nitrogen and oxygen atoms in total. The van der Waals surface area contributed by atoms with Crippen LogP contribution in [0, 0.1) is 21.8 Å². The lowest BCUT2D eigenvalue weighted by Gasteiger charge is -2.09. The molecule has 0 aliphatic carbocycles. The molecule has 1 aromatic carbocycles. The third-order valence-corrected chi connectivity index (χ3v) is 2.73. The third kappa shape index (κ3) is 3.03. The summed E-state index contributed by atoms with van der Waals surface area (Å²) in [7, 11) is 0. The van der Waals surface area contributed by atoms with Gasteiger partial charge in [0, 0.05) is 11.3 Å². The van der Waals surface area contributed by atoms with E-state index in [1.807, 2.05) is 0 Å².